The summed E-state index contributed by atoms with van der Waals surface area (Å²) in [6, 6.07) is 1.88. The molecule has 1 N–H and O–H groups in total. The molecule has 2 heterocycles. The Morgan fingerprint density at radius 1 is 1.50 bits per heavy atom. The van der Waals surface area contributed by atoms with Gasteiger partial charge in [0.2, 0.25) is 0 Å². The van der Waals surface area contributed by atoms with Crippen molar-refractivity contribution in [1.82, 2.24) is 15.2 Å². The molecule has 78 valence electrons. The van der Waals surface area contributed by atoms with Gasteiger partial charge in [0.15, 0.2) is 0 Å². The van der Waals surface area contributed by atoms with Crippen LogP contribution in [0.2, 0.25) is 0 Å². The van der Waals surface area contributed by atoms with Crippen molar-refractivity contribution in [1.29, 1.82) is 0 Å². The van der Waals surface area contributed by atoms with E-state index in [2.05, 4.69) is 37.0 Å². The monoisotopic (exact) mass is 212 g/mol. The molecule has 6 nitrogen and oxygen atoms in total. The Bertz CT molecular complexity index is 596. The molecular weight excluding hydrogens is 204 g/mol. The maximum absolute atomic E-state index is 8.07. The Morgan fingerprint density at radius 3 is 3.31 bits per heavy atom. The Hall–Kier alpha value is -2.51. The van der Waals surface area contributed by atoms with Crippen LogP contribution in [0.1, 0.15) is 12.0 Å². The van der Waals surface area contributed by atoms with Crippen molar-refractivity contribution in [2.24, 2.45) is 5.11 Å². The number of nitrogens with zero attached hydrogens (tertiary/aromatic N) is 5. The summed E-state index contributed by atoms with van der Waals surface area (Å²) in [4.78, 5) is 6.82. The third kappa shape index (κ3) is 2.29. The number of pyridine rings is 1. The highest BCUT2D eigenvalue weighted by Gasteiger charge is 1.96. The molecule has 0 spiro atoms. The predicted molar refractivity (Wildman–Crippen MR) is 59.4 cm³/mol. The highest BCUT2D eigenvalue weighted by Crippen LogP contribution is 2.08. The zero-order valence-electron chi connectivity index (χ0n) is 8.38. The lowest BCUT2D eigenvalue weighted by atomic mass is 10.2. The standard InChI is InChI=1S/C10H8N6/c11-16-13-4-2-1-3-8-5-9-10(12-6-8)7-14-15-9/h5-7H,2,4H2,(H,14,15). The van der Waals surface area contributed by atoms with Gasteiger partial charge in [0, 0.05) is 29.6 Å². The zero-order valence-corrected chi connectivity index (χ0v) is 8.38. The first kappa shape index (κ1) is 10.0. The molecule has 0 saturated heterocycles. The number of H-pyrrole nitrogens is 1. The smallest absolute Gasteiger partial charge is 0.108 e. The average molecular weight is 212 g/mol. The molecule has 2 aromatic rings. The molecule has 0 aliphatic carbocycles. The van der Waals surface area contributed by atoms with Crippen molar-refractivity contribution >= 4 is 11.0 Å². The van der Waals surface area contributed by atoms with Crippen LogP contribution in [0.3, 0.4) is 0 Å². The van der Waals surface area contributed by atoms with Gasteiger partial charge in [0.25, 0.3) is 0 Å². The molecule has 0 unspecified atom stereocenters. The molecule has 0 saturated carbocycles. The molecule has 0 aliphatic rings. The lowest BCUT2D eigenvalue weighted by Crippen LogP contribution is -1.80. The van der Waals surface area contributed by atoms with Gasteiger partial charge in [-0.2, -0.15) is 5.10 Å². The summed E-state index contributed by atoms with van der Waals surface area (Å²) in [5.74, 6) is 5.85. The molecular formula is C10H8N6. The van der Waals surface area contributed by atoms with Crippen LogP contribution in [0.25, 0.3) is 21.5 Å². The topological polar surface area (TPSA) is 90.3 Å². The fourth-order valence-electron chi connectivity index (χ4n) is 1.21. The zero-order chi connectivity index (χ0) is 11.2. The van der Waals surface area contributed by atoms with Crippen LogP contribution in [0.4, 0.5) is 0 Å². The van der Waals surface area contributed by atoms with Crippen LogP contribution in [0.15, 0.2) is 23.6 Å². The maximum Gasteiger partial charge on any atom is 0.108 e. The van der Waals surface area contributed by atoms with Gasteiger partial charge in [0.1, 0.15) is 5.52 Å². The number of aromatic nitrogens is 3. The van der Waals surface area contributed by atoms with E-state index in [1.54, 1.807) is 12.4 Å². The van der Waals surface area contributed by atoms with Gasteiger partial charge >= 0.3 is 0 Å². The van der Waals surface area contributed by atoms with E-state index in [-0.39, 0.29) is 0 Å². The molecule has 0 amide bonds. The summed E-state index contributed by atoms with van der Waals surface area (Å²) in [5.41, 5.74) is 10.6. The van der Waals surface area contributed by atoms with Gasteiger partial charge in [-0.3, -0.25) is 10.1 Å². The number of nitrogens with one attached hydrogen (secondary N) is 1. The van der Waals surface area contributed by atoms with Crippen molar-refractivity contribution in [2.45, 2.75) is 6.42 Å². The first-order valence-corrected chi connectivity index (χ1v) is 4.69. The van der Waals surface area contributed by atoms with Crippen LogP contribution in [0.5, 0.6) is 0 Å². The molecule has 0 bridgehead atoms. The Kier molecular flexibility index (Phi) is 3.02. The Balaban J connectivity index is 2.11. The molecule has 2 aromatic heterocycles. The third-order valence-electron chi connectivity index (χ3n) is 1.92. The second kappa shape index (κ2) is 4.82. The number of hydrogen-bond donors (Lipinski definition) is 1. The SMILES string of the molecule is [N-]=[N+]=NCCC#Cc1cnc2cn[nH]c2c1. The lowest BCUT2D eigenvalue weighted by molar-refractivity contribution is 1.01. The quantitative estimate of drug-likeness (QED) is 0.271. The molecule has 0 atom stereocenters. The maximum atomic E-state index is 8.07. The van der Waals surface area contributed by atoms with Crippen molar-refractivity contribution in [3.8, 4) is 11.8 Å². The summed E-state index contributed by atoms with van der Waals surface area (Å²) in [6.45, 7) is 0.392. The number of fused-ring (bicyclic) bond motifs is 1. The number of azide groups is 1. The minimum absolute atomic E-state index is 0.392. The Morgan fingerprint density at radius 2 is 2.44 bits per heavy atom. The van der Waals surface area contributed by atoms with Gasteiger partial charge in [0.05, 0.1) is 11.7 Å². The normalized spacial score (nSPS) is 9.25. The second-order valence-electron chi connectivity index (χ2n) is 3.03. The van der Waals surface area contributed by atoms with E-state index in [4.69, 9.17) is 5.53 Å². The lowest BCUT2D eigenvalue weighted by Gasteiger charge is -1.89. The van der Waals surface area contributed by atoms with Gasteiger partial charge in [-0.05, 0) is 11.6 Å². The molecule has 0 aromatic carbocycles. The summed E-state index contributed by atoms with van der Waals surface area (Å²) in [5, 5.41) is 10.1. The van der Waals surface area contributed by atoms with Crippen molar-refractivity contribution in [3.63, 3.8) is 0 Å². The van der Waals surface area contributed by atoms with Crippen LogP contribution >= 0.6 is 0 Å². The first-order valence-electron chi connectivity index (χ1n) is 4.69. The minimum Gasteiger partial charge on any atom is -0.276 e. The minimum atomic E-state index is 0.392. The number of hydrogen-bond acceptors (Lipinski definition) is 3. The highest BCUT2D eigenvalue weighted by atomic mass is 15.1. The first-order chi connectivity index (χ1) is 7.90. The fraction of sp³-hybridized carbons (Fsp3) is 0.200. The van der Waals surface area contributed by atoms with E-state index in [1.165, 1.54) is 0 Å². The van der Waals surface area contributed by atoms with E-state index in [1.807, 2.05) is 6.07 Å². The molecule has 0 aliphatic heterocycles. The van der Waals surface area contributed by atoms with Crippen molar-refractivity contribution in [3.05, 3.63) is 34.5 Å². The van der Waals surface area contributed by atoms with Crippen molar-refractivity contribution in [2.75, 3.05) is 6.54 Å². The largest absolute Gasteiger partial charge is 0.276 e. The summed E-state index contributed by atoms with van der Waals surface area (Å²) >= 11 is 0. The van der Waals surface area contributed by atoms with Gasteiger partial charge in [-0.25, -0.2) is 0 Å². The van der Waals surface area contributed by atoms with Crippen molar-refractivity contribution < 1.29 is 0 Å². The summed E-state index contributed by atoms with van der Waals surface area (Å²) < 4.78 is 0. The van der Waals surface area contributed by atoms with Gasteiger partial charge in [-0.1, -0.05) is 17.0 Å². The summed E-state index contributed by atoms with van der Waals surface area (Å²) in [6.07, 6.45) is 3.90. The number of rotatable bonds is 2. The Labute approximate surface area is 91.3 Å². The molecule has 0 fully saturated rings. The van der Waals surface area contributed by atoms with Crippen LogP contribution in [-0.2, 0) is 0 Å². The fourth-order valence-corrected chi connectivity index (χ4v) is 1.21. The van der Waals surface area contributed by atoms with Gasteiger partial charge in [-0.15, -0.1) is 0 Å². The second-order valence-corrected chi connectivity index (χ2v) is 3.03. The van der Waals surface area contributed by atoms with Crippen LogP contribution < -0.4 is 0 Å². The van der Waals surface area contributed by atoms with E-state index in [0.29, 0.717) is 13.0 Å². The molecule has 6 heteroatoms. The highest BCUT2D eigenvalue weighted by molar-refractivity contribution is 5.74. The average Bonchev–Trinajstić information content (AvgIpc) is 2.76. The van der Waals surface area contributed by atoms with Crippen LogP contribution in [0, 0.1) is 11.8 Å². The molecule has 0 radical (unpaired) electrons. The predicted octanol–water partition coefficient (Wildman–Crippen LogP) is 2.01. The molecule has 16 heavy (non-hydrogen) atoms. The van der Waals surface area contributed by atoms with E-state index in [0.717, 1.165) is 16.6 Å². The van der Waals surface area contributed by atoms with E-state index >= 15 is 0 Å². The van der Waals surface area contributed by atoms with E-state index in [9.17, 15) is 0 Å². The third-order valence-corrected chi connectivity index (χ3v) is 1.92. The van der Waals surface area contributed by atoms with Gasteiger partial charge < -0.3 is 0 Å². The number of aromatic amines is 1. The molecule has 2 rings (SSSR count). The summed E-state index contributed by atoms with van der Waals surface area (Å²) in [7, 11) is 0. The van der Waals surface area contributed by atoms with Crippen LogP contribution in [-0.4, -0.2) is 21.7 Å². The van der Waals surface area contributed by atoms with E-state index < -0.39 is 0 Å².